The first-order chi connectivity index (χ1) is 10.2. The highest BCUT2D eigenvalue weighted by Crippen LogP contribution is 2.36. The number of aryl methyl sites for hydroxylation is 1. The Labute approximate surface area is 126 Å². The van der Waals surface area contributed by atoms with Gasteiger partial charge in [-0.05, 0) is 37.2 Å². The fourth-order valence-electron chi connectivity index (χ4n) is 3.93. The van der Waals surface area contributed by atoms with E-state index in [1.807, 2.05) is 0 Å². The summed E-state index contributed by atoms with van der Waals surface area (Å²) in [4.78, 5) is 2.31. The largest absolute Gasteiger partial charge is 0.351 e. The molecule has 1 aromatic rings. The third-order valence-corrected chi connectivity index (χ3v) is 5.15. The van der Waals surface area contributed by atoms with Crippen LogP contribution >= 0.6 is 0 Å². The summed E-state index contributed by atoms with van der Waals surface area (Å²) < 4.78 is 0. The van der Waals surface area contributed by atoms with Crippen LogP contribution in [0.15, 0.2) is 0 Å². The van der Waals surface area contributed by atoms with Crippen LogP contribution in [0, 0.1) is 23.2 Å². The van der Waals surface area contributed by atoms with Crippen molar-refractivity contribution in [2.24, 2.45) is 11.8 Å². The second kappa shape index (κ2) is 5.61. The van der Waals surface area contributed by atoms with Crippen molar-refractivity contribution in [3.8, 4) is 6.07 Å². The van der Waals surface area contributed by atoms with E-state index >= 15 is 0 Å². The molecule has 112 valence electrons. The van der Waals surface area contributed by atoms with Crippen LogP contribution in [0.25, 0.3) is 0 Å². The molecule has 3 heterocycles. The summed E-state index contributed by atoms with van der Waals surface area (Å²) in [5, 5.41) is 21.9. The minimum Gasteiger partial charge on any atom is -0.351 e. The van der Waals surface area contributed by atoms with Crippen LogP contribution in [0.3, 0.4) is 0 Å². The summed E-state index contributed by atoms with van der Waals surface area (Å²) in [5.41, 5.74) is 2.78. The number of hydrogen-bond acceptors (Lipinski definition) is 5. The summed E-state index contributed by atoms with van der Waals surface area (Å²) >= 11 is 0. The number of rotatable bonds is 3. The minimum absolute atomic E-state index is 0.420. The van der Waals surface area contributed by atoms with E-state index < -0.39 is 0 Å². The van der Waals surface area contributed by atoms with Gasteiger partial charge in [0.25, 0.3) is 0 Å². The van der Waals surface area contributed by atoms with Gasteiger partial charge in [0.15, 0.2) is 5.82 Å². The fourth-order valence-corrected chi connectivity index (χ4v) is 3.93. The summed E-state index contributed by atoms with van der Waals surface area (Å²) in [6.07, 6.45) is 1.67. The molecule has 3 unspecified atom stereocenters. The van der Waals surface area contributed by atoms with Crippen molar-refractivity contribution in [2.75, 3.05) is 24.5 Å². The third-order valence-electron chi connectivity index (χ3n) is 5.15. The number of anilines is 1. The van der Waals surface area contributed by atoms with Crippen molar-refractivity contribution in [1.82, 2.24) is 15.5 Å². The fraction of sp³-hybridized carbons (Fsp3) is 0.688. The quantitative estimate of drug-likeness (QED) is 0.912. The van der Waals surface area contributed by atoms with Crippen LogP contribution in [0.4, 0.5) is 5.82 Å². The normalized spacial score (nSPS) is 27.7. The van der Waals surface area contributed by atoms with Crippen molar-refractivity contribution >= 4 is 5.82 Å². The molecule has 5 heteroatoms. The highest BCUT2D eigenvalue weighted by molar-refractivity contribution is 5.59. The number of nitrogens with one attached hydrogen (secondary N) is 1. The average Bonchev–Trinajstić information content (AvgIpc) is 3.08. The molecule has 2 aliphatic heterocycles. The molecule has 1 aromatic heterocycles. The van der Waals surface area contributed by atoms with E-state index in [2.05, 4.69) is 47.3 Å². The van der Waals surface area contributed by atoms with Gasteiger partial charge in [-0.2, -0.15) is 10.4 Å². The molecule has 0 amide bonds. The Morgan fingerprint density at radius 1 is 1.29 bits per heavy atom. The zero-order valence-electron chi connectivity index (χ0n) is 13.1. The first kappa shape index (κ1) is 14.3. The van der Waals surface area contributed by atoms with Gasteiger partial charge in [-0.15, -0.1) is 5.10 Å². The molecule has 21 heavy (non-hydrogen) atoms. The highest BCUT2D eigenvalue weighted by Gasteiger charge is 2.43. The van der Waals surface area contributed by atoms with Gasteiger partial charge in [0.2, 0.25) is 0 Å². The van der Waals surface area contributed by atoms with Gasteiger partial charge in [-0.25, -0.2) is 0 Å². The molecule has 2 saturated heterocycles. The van der Waals surface area contributed by atoms with Crippen LogP contribution in [0.1, 0.15) is 37.6 Å². The molecule has 0 aromatic carbocycles. The molecule has 2 aliphatic rings. The maximum absolute atomic E-state index is 9.64. The monoisotopic (exact) mass is 285 g/mol. The first-order valence-corrected chi connectivity index (χ1v) is 7.97. The molecule has 3 atom stereocenters. The predicted molar refractivity (Wildman–Crippen MR) is 82.2 cm³/mol. The summed E-state index contributed by atoms with van der Waals surface area (Å²) in [6.45, 7) is 9.54. The Morgan fingerprint density at radius 3 is 2.71 bits per heavy atom. The lowest BCUT2D eigenvalue weighted by Gasteiger charge is -2.26. The molecule has 1 N–H and O–H groups in total. The van der Waals surface area contributed by atoms with E-state index in [1.54, 1.807) is 0 Å². The Kier molecular flexibility index (Phi) is 3.81. The third kappa shape index (κ3) is 2.18. The van der Waals surface area contributed by atoms with Gasteiger partial charge in [-0.3, -0.25) is 0 Å². The molecule has 0 saturated carbocycles. The van der Waals surface area contributed by atoms with Crippen LogP contribution in [-0.2, 0) is 12.8 Å². The van der Waals surface area contributed by atoms with Crippen molar-refractivity contribution in [2.45, 2.75) is 39.7 Å². The number of nitrogens with zero attached hydrogens (tertiary/aromatic N) is 4. The first-order valence-electron chi connectivity index (χ1n) is 7.97. The number of nitriles is 1. The standard InChI is InChI=1S/C16H23N5/c1-4-12-13(6-17)16(20-19-15(12)5-2)21-9-11-7-18-8-14(11)10(21)3/h10-11,14,18H,4-5,7-9H2,1-3H3. The van der Waals surface area contributed by atoms with Crippen LogP contribution < -0.4 is 10.2 Å². The number of aromatic nitrogens is 2. The lowest BCUT2D eigenvalue weighted by Crippen LogP contribution is -2.34. The van der Waals surface area contributed by atoms with Crippen LogP contribution in [-0.4, -0.2) is 35.9 Å². The van der Waals surface area contributed by atoms with E-state index in [0.29, 0.717) is 17.9 Å². The Balaban J connectivity index is 2.01. The molecule has 0 radical (unpaired) electrons. The molecule has 2 fully saturated rings. The van der Waals surface area contributed by atoms with Crippen LogP contribution in [0.2, 0.25) is 0 Å². The molecule has 0 bridgehead atoms. The average molecular weight is 285 g/mol. The zero-order valence-corrected chi connectivity index (χ0v) is 13.1. The van der Waals surface area contributed by atoms with Gasteiger partial charge >= 0.3 is 0 Å². The molecule has 5 nitrogen and oxygen atoms in total. The predicted octanol–water partition coefficient (Wildman–Crippen LogP) is 1.52. The van der Waals surface area contributed by atoms with Crippen molar-refractivity contribution < 1.29 is 0 Å². The summed E-state index contributed by atoms with van der Waals surface area (Å²) in [5.74, 6) is 2.13. The topological polar surface area (TPSA) is 64.8 Å². The van der Waals surface area contributed by atoms with Crippen molar-refractivity contribution in [3.05, 3.63) is 16.8 Å². The molecule has 0 aliphatic carbocycles. The Morgan fingerprint density at radius 2 is 2.10 bits per heavy atom. The van der Waals surface area contributed by atoms with E-state index in [4.69, 9.17) is 0 Å². The number of fused-ring (bicyclic) bond motifs is 1. The molecule has 0 spiro atoms. The van der Waals surface area contributed by atoms with Gasteiger partial charge in [0.1, 0.15) is 11.6 Å². The summed E-state index contributed by atoms with van der Waals surface area (Å²) in [7, 11) is 0. The SMILES string of the molecule is CCc1nnc(N2CC3CNCC3C2C)c(C#N)c1CC. The van der Waals surface area contributed by atoms with Crippen LogP contribution in [0.5, 0.6) is 0 Å². The van der Waals surface area contributed by atoms with E-state index in [1.165, 1.54) is 0 Å². The Hall–Kier alpha value is -1.67. The lowest BCUT2D eigenvalue weighted by molar-refractivity contribution is 0.471. The lowest BCUT2D eigenvalue weighted by atomic mass is 9.95. The Bertz CT molecular complexity index is 577. The molecular weight excluding hydrogens is 262 g/mol. The van der Waals surface area contributed by atoms with E-state index in [-0.39, 0.29) is 0 Å². The van der Waals surface area contributed by atoms with Gasteiger partial charge in [-0.1, -0.05) is 13.8 Å². The molecular formula is C16H23N5. The van der Waals surface area contributed by atoms with E-state index in [0.717, 1.165) is 55.1 Å². The van der Waals surface area contributed by atoms with E-state index in [9.17, 15) is 5.26 Å². The van der Waals surface area contributed by atoms with Gasteiger partial charge in [0.05, 0.1) is 5.69 Å². The minimum atomic E-state index is 0.420. The maximum atomic E-state index is 9.64. The van der Waals surface area contributed by atoms with Crippen molar-refractivity contribution in [1.29, 1.82) is 5.26 Å². The maximum Gasteiger partial charge on any atom is 0.169 e. The smallest absolute Gasteiger partial charge is 0.169 e. The second-order valence-electron chi connectivity index (χ2n) is 6.12. The van der Waals surface area contributed by atoms with Gasteiger partial charge < -0.3 is 10.2 Å². The number of hydrogen-bond donors (Lipinski definition) is 1. The zero-order chi connectivity index (χ0) is 15.0. The highest BCUT2D eigenvalue weighted by atomic mass is 15.3. The molecule has 3 rings (SSSR count). The second-order valence-corrected chi connectivity index (χ2v) is 6.12. The van der Waals surface area contributed by atoms with Crippen molar-refractivity contribution in [3.63, 3.8) is 0 Å². The van der Waals surface area contributed by atoms with Gasteiger partial charge in [0, 0.05) is 25.7 Å². The summed E-state index contributed by atoms with van der Waals surface area (Å²) in [6, 6.07) is 2.81.